The molecule has 2 N–H and O–H groups in total. The first-order valence-corrected chi connectivity index (χ1v) is 7.32. The normalized spacial score (nSPS) is 18.6. The van der Waals surface area contributed by atoms with Crippen molar-refractivity contribution in [3.8, 4) is 0 Å². The number of nitrogens with one attached hydrogen (secondary N) is 1. The molecule has 2 amide bonds. The predicted molar refractivity (Wildman–Crippen MR) is 80.4 cm³/mol. The van der Waals surface area contributed by atoms with Crippen molar-refractivity contribution in [3.05, 3.63) is 33.3 Å². The monoisotopic (exact) mass is 316 g/mol. The number of aliphatic hydroxyl groups excluding tert-OH is 1. The Balaban J connectivity index is 2.08. The molecule has 2 rings (SSSR count). The van der Waals surface area contributed by atoms with Gasteiger partial charge in [-0.15, -0.1) is 0 Å². The molecule has 0 spiro atoms. The summed E-state index contributed by atoms with van der Waals surface area (Å²) in [5, 5.41) is 13.4. The second kappa shape index (κ2) is 6.20. The predicted octanol–water partition coefficient (Wildman–Crippen LogP) is 3.00. The third-order valence-electron chi connectivity index (χ3n) is 3.47. The lowest BCUT2D eigenvalue weighted by Crippen LogP contribution is -2.41. The van der Waals surface area contributed by atoms with Crippen molar-refractivity contribution in [2.24, 2.45) is 0 Å². The van der Waals surface area contributed by atoms with E-state index in [-0.39, 0.29) is 12.1 Å². The summed E-state index contributed by atoms with van der Waals surface area (Å²) in [6.45, 7) is 1.95. The van der Waals surface area contributed by atoms with E-state index < -0.39 is 6.10 Å². The van der Waals surface area contributed by atoms with Crippen LogP contribution in [-0.2, 0) is 6.42 Å². The molecule has 1 aliphatic rings. The Bertz CT molecular complexity index is 520. The number of benzene rings is 1. The first-order chi connectivity index (χ1) is 9.40. The lowest BCUT2D eigenvalue weighted by atomic mass is 10.1. The van der Waals surface area contributed by atoms with Crippen molar-refractivity contribution in [1.29, 1.82) is 0 Å². The van der Waals surface area contributed by atoms with Crippen molar-refractivity contribution in [2.45, 2.75) is 31.9 Å². The zero-order valence-corrected chi connectivity index (χ0v) is 13.0. The van der Waals surface area contributed by atoms with Crippen molar-refractivity contribution in [2.75, 3.05) is 13.6 Å². The molecule has 0 saturated carbocycles. The maximum atomic E-state index is 12.0. The van der Waals surface area contributed by atoms with Crippen LogP contribution >= 0.6 is 23.2 Å². The summed E-state index contributed by atoms with van der Waals surface area (Å²) in [7, 11) is 1.66. The van der Waals surface area contributed by atoms with Crippen LogP contribution in [0.2, 0.25) is 10.0 Å². The Morgan fingerprint density at radius 1 is 1.55 bits per heavy atom. The first kappa shape index (κ1) is 15.4. The van der Waals surface area contributed by atoms with E-state index in [0.717, 1.165) is 24.0 Å². The molecule has 6 heteroatoms. The average molecular weight is 317 g/mol. The number of fused-ring (bicyclic) bond motifs is 1. The minimum Gasteiger partial charge on any atom is -0.392 e. The van der Waals surface area contributed by atoms with Crippen LogP contribution < -0.4 is 5.32 Å². The number of carbonyl (C=O) groups excluding carboxylic acids is 1. The number of hydrogen-bond acceptors (Lipinski definition) is 2. The number of hydrogen-bond donors (Lipinski definition) is 2. The summed E-state index contributed by atoms with van der Waals surface area (Å²) in [6, 6.07) is 3.42. The lowest BCUT2D eigenvalue weighted by Gasteiger charge is -2.22. The molecule has 0 radical (unpaired) electrons. The van der Waals surface area contributed by atoms with Crippen molar-refractivity contribution in [3.63, 3.8) is 0 Å². The van der Waals surface area contributed by atoms with Gasteiger partial charge in [0.25, 0.3) is 0 Å². The molecule has 110 valence electrons. The number of aliphatic hydroxyl groups is 1. The molecule has 1 aliphatic carbocycles. The number of amides is 2. The van der Waals surface area contributed by atoms with Gasteiger partial charge in [0.15, 0.2) is 0 Å². The molecule has 20 heavy (non-hydrogen) atoms. The van der Waals surface area contributed by atoms with Crippen LogP contribution in [0.1, 0.15) is 30.5 Å². The third kappa shape index (κ3) is 3.19. The van der Waals surface area contributed by atoms with Gasteiger partial charge in [-0.25, -0.2) is 4.79 Å². The van der Waals surface area contributed by atoms with Crippen LogP contribution in [0.25, 0.3) is 0 Å². The summed E-state index contributed by atoms with van der Waals surface area (Å²) in [5.74, 6) is 0. The molecule has 0 fully saturated rings. The molecular formula is C14H18Cl2N2O2. The van der Waals surface area contributed by atoms with Crippen LogP contribution in [-0.4, -0.2) is 35.7 Å². The van der Waals surface area contributed by atoms with Crippen molar-refractivity contribution >= 4 is 29.2 Å². The molecule has 1 aromatic carbocycles. The number of likely N-dealkylation sites (N-methyl/N-ethyl adjacent to an activating group) is 1. The Kier molecular flexibility index (Phi) is 4.78. The fourth-order valence-corrected chi connectivity index (χ4v) is 2.96. The topological polar surface area (TPSA) is 52.6 Å². The molecule has 4 nitrogen and oxygen atoms in total. The highest BCUT2D eigenvalue weighted by Crippen LogP contribution is 2.39. The molecule has 1 aromatic rings. The van der Waals surface area contributed by atoms with E-state index in [4.69, 9.17) is 23.2 Å². The molecule has 0 saturated heterocycles. The third-order valence-corrected chi connectivity index (χ3v) is 4.32. The van der Waals surface area contributed by atoms with Gasteiger partial charge in [-0.1, -0.05) is 29.3 Å². The Labute approximate surface area is 128 Å². The van der Waals surface area contributed by atoms with Gasteiger partial charge in [-0.3, -0.25) is 0 Å². The Morgan fingerprint density at radius 2 is 2.25 bits per heavy atom. The number of halogens is 2. The van der Waals surface area contributed by atoms with E-state index in [9.17, 15) is 9.90 Å². The van der Waals surface area contributed by atoms with Gasteiger partial charge in [0.2, 0.25) is 0 Å². The largest absolute Gasteiger partial charge is 0.392 e. The van der Waals surface area contributed by atoms with E-state index in [1.54, 1.807) is 20.0 Å². The summed E-state index contributed by atoms with van der Waals surface area (Å²) < 4.78 is 0. The van der Waals surface area contributed by atoms with Gasteiger partial charge >= 0.3 is 6.03 Å². The number of rotatable bonds is 3. The van der Waals surface area contributed by atoms with Gasteiger partial charge in [-0.05, 0) is 37.0 Å². The lowest BCUT2D eigenvalue weighted by molar-refractivity contribution is 0.142. The molecule has 2 atom stereocenters. The molecule has 0 bridgehead atoms. The summed E-state index contributed by atoms with van der Waals surface area (Å²) >= 11 is 12.2. The Morgan fingerprint density at radius 3 is 2.90 bits per heavy atom. The summed E-state index contributed by atoms with van der Waals surface area (Å²) in [4.78, 5) is 13.5. The number of nitrogens with zero attached hydrogens (tertiary/aromatic N) is 1. The average Bonchev–Trinajstić information content (AvgIpc) is 2.77. The molecule has 0 aliphatic heterocycles. The van der Waals surface area contributed by atoms with Gasteiger partial charge in [0.1, 0.15) is 0 Å². The second-order valence-electron chi connectivity index (χ2n) is 5.20. The summed E-state index contributed by atoms with van der Waals surface area (Å²) in [5.41, 5.74) is 2.04. The smallest absolute Gasteiger partial charge is 0.317 e. The van der Waals surface area contributed by atoms with E-state index in [1.807, 2.05) is 6.07 Å². The van der Waals surface area contributed by atoms with E-state index >= 15 is 0 Å². The highest BCUT2D eigenvalue weighted by atomic mass is 35.5. The van der Waals surface area contributed by atoms with Crippen LogP contribution in [0.3, 0.4) is 0 Å². The van der Waals surface area contributed by atoms with Gasteiger partial charge in [-0.2, -0.15) is 0 Å². The second-order valence-corrected chi connectivity index (χ2v) is 5.98. The molecule has 0 aromatic heterocycles. The fourth-order valence-electron chi connectivity index (χ4n) is 2.52. The summed E-state index contributed by atoms with van der Waals surface area (Å²) in [6.07, 6.45) is 1.07. The van der Waals surface area contributed by atoms with Gasteiger partial charge in [0.05, 0.1) is 22.2 Å². The fraction of sp³-hybridized carbons (Fsp3) is 0.500. The van der Waals surface area contributed by atoms with E-state index in [1.165, 1.54) is 4.90 Å². The Hall–Kier alpha value is -0.970. The van der Waals surface area contributed by atoms with Crippen molar-refractivity contribution in [1.82, 2.24) is 10.2 Å². The van der Waals surface area contributed by atoms with E-state index in [2.05, 4.69) is 5.32 Å². The minimum absolute atomic E-state index is 0.0521. The highest BCUT2D eigenvalue weighted by Gasteiger charge is 2.27. The van der Waals surface area contributed by atoms with Gasteiger partial charge < -0.3 is 15.3 Å². The van der Waals surface area contributed by atoms with Crippen LogP contribution in [0.4, 0.5) is 4.79 Å². The first-order valence-electron chi connectivity index (χ1n) is 6.56. The number of carbonyl (C=O) groups is 1. The molecular weight excluding hydrogens is 299 g/mol. The highest BCUT2D eigenvalue weighted by molar-refractivity contribution is 6.42. The maximum absolute atomic E-state index is 12.0. The van der Waals surface area contributed by atoms with Crippen LogP contribution in [0.5, 0.6) is 0 Å². The van der Waals surface area contributed by atoms with Gasteiger partial charge in [0, 0.05) is 13.6 Å². The standard InChI is InChI=1S/C14H18Cl2N2O2/c1-8(19)7-18(2)14(20)17-12-6-4-10-9(12)3-5-11(15)13(10)16/h3,5,8,12,19H,4,6-7H2,1-2H3,(H,17,20). The number of urea groups is 1. The minimum atomic E-state index is -0.546. The zero-order valence-electron chi connectivity index (χ0n) is 11.5. The maximum Gasteiger partial charge on any atom is 0.317 e. The molecule has 2 unspecified atom stereocenters. The molecule has 0 heterocycles. The van der Waals surface area contributed by atoms with Crippen LogP contribution in [0, 0.1) is 0 Å². The quantitative estimate of drug-likeness (QED) is 0.900. The van der Waals surface area contributed by atoms with Crippen LogP contribution in [0.15, 0.2) is 12.1 Å². The SMILES string of the molecule is CC(O)CN(C)C(=O)NC1CCc2c1ccc(Cl)c2Cl. The van der Waals surface area contributed by atoms with Crippen molar-refractivity contribution < 1.29 is 9.90 Å². The zero-order chi connectivity index (χ0) is 14.9. The van der Waals surface area contributed by atoms with E-state index in [0.29, 0.717) is 16.6 Å².